The number of carbonyl (C=O) groups is 1. The Balaban J connectivity index is 2.20. The minimum absolute atomic E-state index is 0.0326. The molecule has 0 radical (unpaired) electrons. The zero-order valence-corrected chi connectivity index (χ0v) is 11.1. The molecule has 1 nitrogen and oxygen atoms in total. The molecule has 0 saturated carbocycles. The largest absolute Gasteiger partial charge is 0.294 e. The van der Waals surface area contributed by atoms with Gasteiger partial charge >= 0.3 is 0 Å². The van der Waals surface area contributed by atoms with Crippen molar-refractivity contribution in [2.45, 2.75) is 6.42 Å². The first-order chi connectivity index (χ1) is 8.97. The lowest BCUT2D eigenvalue weighted by molar-refractivity contribution is 0.0993. The lowest BCUT2D eigenvalue weighted by Gasteiger charge is -2.04. The van der Waals surface area contributed by atoms with Crippen LogP contribution in [0, 0.1) is 11.6 Å². The predicted molar refractivity (Wildman–Crippen MR) is 70.9 cm³/mol. The Kier molecular flexibility index (Phi) is 4.17. The van der Waals surface area contributed by atoms with Crippen LogP contribution in [0.2, 0.25) is 10.0 Å². The smallest absolute Gasteiger partial charge is 0.167 e. The van der Waals surface area contributed by atoms with Crippen molar-refractivity contribution < 1.29 is 13.6 Å². The molecular weight excluding hydrogens is 293 g/mol. The first-order valence-corrected chi connectivity index (χ1v) is 6.15. The molecule has 0 aromatic heterocycles. The predicted octanol–water partition coefficient (Wildman–Crippen LogP) is 4.70. The zero-order chi connectivity index (χ0) is 14.0. The Bertz CT molecular complexity index is 641. The SMILES string of the molecule is O=C(Cc1ccc(F)c(F)c1)c1ccc(Cl)c(Cl)c1. The highest BCUT2D eigenvalue weighted by Crippen LogP contribution is 2.23. The van der Waals surface area contributed by atoms with E-state index in [1.807, 2.05) is 0 Å². The van der Waals surface area contributed by atoms with E-state index in [9.17, 15) is 13.6 Å². The summed E-state index contributed by atoms with van der Waals surface area (Å²) in [4.78, 5) is 12.0. The number of rotatable bonds is 3. The van der Waals surface area contributed by atoms with Crippen LogP contribution < -0.4 is 0 Å². The van der Waals surface area contributed by atoms with Crippen molar-refractivity contribution >= 4 is 29.0 Å². The summed E-state index contributed by atoms with van der Waals surface area (Å²) in [6, 6.07) is 7.87. The maximum absolute atomic E-state index is 13.0. The zero-order valence-electron chi connectivity index (χ0n) is 9.59. The summed E-state index contributed by atoms with van der Waals surface area (Å²) >= 11 is 11.6. The van der Waals surface area contributed by atoms with Crippen molar-refractivity contribution in [2.75, 3.05) is 0 Å². The summed E-state index contributed by atoms with van der Waals surface area (Å²) in [7, 11) is 0. The third-order valence-electron chi connectivity index (χ3n) is 2.59. The van der Waals surface area contributed by atoms with Crippen LogP contribution in [0.1, 0.15) is 15.9 Å². The number of hydrogen-bond acceptors (Lipinski definition) is 1. The van der Waals surface area contributed by atoms with Gasteiger partial charge in [-0.25, -0.2) is 8.78 Å². The van der Waals surface area contributed by atoms with E-state index in [1.165, 1.54) is 24.3 Å². The Morgan fingerprint density at radius 3 is 2.32 bits per heavy atom. The highest BCUT2D eigenvalue weighted by atomic mass is 35.5. The molecule has 0 aliphatic heterocycles. The van der Waals surface area contributed by atoms with E-state index in [1.54, 1.807) is 0 Å². The quantitative estimate of drug-likeness (QED) is 0.751. The van der Waals surface area contributed by atoms with E-state index < -0.39 is 11.6 Å². The normalized spacial score (nSPS) is 10.5. The molecule has 0 heterocycles. The van der Waals surface area contributed by atoms with E-state index in [-0.39, 0.29) is 17.2 Å². The molecule has 5 heteroatoms. The molecule has 0 aliphatic rings. The lowest BCUT2D eigenvalue weighted by Crippen LogP contribution is -2.04. The number of Topliss-reactive ketones (excluding diaryl/α,β-unsaturated/α-hetero) is 1. The fourth-order valence-corrected chi connectivity index (χ4v) is 1.90. The molecule has 0 atom stereocenters. The number of ketones is 1. The van der Waals surface area contributed by atoms with Gasteiger partial charge in [-0.2, -0.15) is 0 Å². The van der Waals surface area contributed by atoms with E-state index >= 15 is 0 Å². The van der Waals surface area contributed by atoms with Crippen molar-refractivity contribution in [3.63, 3.8) is 0 Å². The molecule has 98 valence electrons. The molecule has 0 fully saturated rings. The summed E-state index contributed by atoms with van der Waals surface area (Å²) in [6.45, 7) is 0. The van der Waals surface area contributed by atoms with Gasteiger partial charge in [0.2, 0.25) is 0 Å². The monoisotopic (exact) mass is 300 g/mol. The Morgan fingerprint density at radius 2 is 1.68 bits per heavy atom. The first-order valence-electron chi connectivity index (χ1n) is 5.39. The van der Waals surface area contributed by atoms with Gasteiger partial charge in [0.15, 0.2) is 17.4 Å². The number of carbonyl (C=O) groups excluding carboxylic acids is 1. The molecule has 2 aromatic carbocycles. The Labute approximate surface area is 118 Å². The van der Waals surface area contributed by atoms with Gasteiger partial charge in [-0.05, 0) is 35.9 Å². The van der Waals surface area contributed by atoms with Gasteiger partial charge in [0, 0.05) is 12.0 Å². The molecule has 2 rings (SSSR count). The van der Waals surface area contributed by atoms with Gasteiger partial charge < -0.3 is 0 Å². The minimum atomic E-state index is -0.973. The number of halogens is 4. The highest BCUT2D eigenvalue weighted by Gasteiger charge is 2.11. The molecule has 0 unspecified atom stereocenters. The van der Waals surface area contributed by atoms with Gasteiger partial charge in [0.05, 0.1) is 10.0 Å². The number of hydrogen-bond donors (Lipinski definition) is 0. The second kappa shape index (κ2) is 5.68. The molecule has 19 heavy (non-hydrogen) atoms. The summed E-state index contributed by atoms with van der Waals surface area (Å²) in [5.41, 5.74) is 0.772. The molecule has 0 bridgehead atoms. The van der Waals surface area contributed by atoms with Crippen molar-refractivity contribution in [1.29, 1.82) is 0 Å². The van der Waals surface area contributed by atoms with E-state index in [4.69, 9.17) is 23.2 Å². The Hall–Kier alpha value is -1.45. The average molecular weight is 301 g/mol. The van der Waals surface area contributed by atoms with Crippen LogP contribution in [-0.2, 0) is 6.42 Å². The fourth-order valence-electron chi connectivity index (χ4n) is 1.61. The van der Waals surface area contributed by atoms with Gasteiger partial charge in [0.1, 0.15) is 0 Å². The van der Waals surface area contributed by atoms with E-state index in [0.717, 1.165) is 12.1 Å². The number of benzene rings is 2. The molecule has 0 N–H and O–H groups in total. The van der Waals surface area contributed by atoms with Crippen LogP contribution in [-0.4, -0.2) is 5.78 Å². The van der Waals surface area contributed by atoms with Gasteiger partial charge in [-0.1, -0.05) is 29.3 Å². The first kappa shape index (κ1) is 14.0. The third-order valence-corrected chi connectivity index (χ3v) is 3.33. The molecule has 0 spiro atoms. The van der Waals surface area contributed by atoms with Crippen LogP contribution in [0.5, 0.6) is 0 Å². The van der Waals surface area contributed by atoms with Crippen LogP contribution in [0.15, 0.2) is 36.4 Å². The molecule has 2 aromatic rings. The van der Waals surface area contributed by atoms with Gasteiger partial charge in [0.25, 0.3) is 0 Å². The van der Waals surface area contributed by atoms with Crippen molar-refractivity contribution in [2.24, 2.45) is 0 Å². The maximum atomic E-state index is 13.0. The van der Waals surface area contributed by atoms with Gasteiger partial charge in [-0.15, -0.1) is 0 Å². The molecule has 0 amide bonds. The Morgan fingerprint density at radius 1 is 0.947 bits per heavy atom. The standard InChI is InChI=1S/C14H8Cl2F2O/c15-10-3-2-9(7-11(10)16)14(19)6-8-1-4-12(17)13(18)5-8/h1-5,7H,6H2. The van der Waals surface area contributed by atoms with Crippen LogP contribution in [0.3, 0.4) is 0 Å². The van der Waals surface area contributed by atoms with Gasteiger partial charge in [-0.3, -0.25) is 4.79 Å². The van der Waals surface area contributed by atoms with Crippen LogP contribution in [0.4, 0.5) is 8.78 Å². The summed E-state index contributed by atoms with van der Waals surface area (Å²) < 4.78 is 25.8. The van der Waals surface area contributed by atoms with Crippen LogP contribution >= 0.6 is 23.2 Å². The third kappa shape index (κ3) is 3.31. The van der Waals surface area contributed by atoms with Crippen LogP contribution in [0.25, 0.3) is 0 Å². The van der Waals surface area contributed by atoms with E-state index in [0.29, 0.717) is 16.1 Å². The second-order valence-electron chi connectivity index (χ2n) is 3.98. The highest BCUT2D eigenvalue weighted by molar-refractivity contribution is 6.42. The van der Waals surface area contributed by atoms with Crippen molar-refractivity contribution in [1.82, 2.24) is 0 Å². The van der Waals surface area contributed by atoms with E-state index in [2.05, 4.69) is 0 Å². The van der Waals surface area contributed by atoms with Crippen molar-refractivity contribution in [3.8, 4) is 0 Å². The average Bonchev–Trinajstić information content (AvgIpc) is 2.37. The molecular formula is C14H8Cl2F2O. The fraction of sp³-hybridized carbons (Fsp3) is 0.0714. The topological polar surface area (TPSA) is 17.1 Å². The molecule has 0 saturated heterocycles. The lowest BCUT2D eigenvalue weighted by atomic mass is 10.0. The summed E-state index contributed by atoms with van der Waals surface area (Å²) in [5, 5.41) is 0.629. The molecule has 0 aliphatic carbocycles. The second-order valence-corrected chi connectivity index (χ2v) is 4.79. The minimum Gasteiger partial charge on any atom is -0.294 e. The van der Waals surface area contributed by atoms with Crippen molar-refractivity contribution in [3.05, 3.63) is 69.2 Å². The summed E-state index contributed by atoms with van der Waals surface area (Å²) in [5.74, 6) is -2.16. The summed E-state index contributed by atoms with van der Waals surface area (Å²) in [6.07, 6.45) is -0.0326. The maximum Gasteiger partial charge on any atom is 0.167 e.